The molecule has 1 amide bonds. The first-order valence-corrected chi connectivity index (χ1v) is 7.15. The molecular weight excluding hydrogens is 252 g/mol. The number of amides is 1. The molecule has 4 nitrogen and oxygen atoms in total. The highest BCUT2D eigenvalue weighted by Gasteiger charge is 2.30. The topological polar surface area (TPSA) is 50.4 Å². The maximum absolute atomic E-state index is 12.4. The zero-order valence-electron chi connectivity index (χ0n) is 12.5. The van der Waals surface area contributed by atoms with Crippen LogP contribution in [0, 0.1) is 5.41 Å². The second kappa shape index (κ2) is 6.37. The Morgan fingerprint density at radius 1 is 1.35 bits per heavy atom. The van der Waals surface area contributed by atoms with E-state index in [0.29, 0.717) is 13.2 Å². The van der Waals surface area contributed by atoms with Gasteiger partial charge in [-0.3, -0.25) is 4.79 Å². The van der Waals surface area contributed by atoms with Crippen molar-refractivity contribution in [1.82, 2.24) is 10.6 Å². The first kappa shape index (κ1) is 15.0. The van der Waals surface area contributed by atoms with Gasteiger partial charge in [-0.2, -0.15) is 0 Å². The van der Waals surface area contributed by atoms with Crippen LogP contribution in [0.3, 0.4) is 0 Å². The van der Waals surface area contributed by atoms with Crippen molar-refractivity contribution in [3.8, 4) is 0 Å². The van der Waals surface area contributed by atoms with Gasteiger partial charge in [0, 0.05) is 6.54 Å². The van der Waals surface area contributed by atoms with E-state index < -0.39 is 0 Å². The van der Waals surface area contributed by atoms with Crippen molar-refractivity contribution in [2.75, 3.05) is 19.8 Å². The van der Waals surface area contributed by atoms with Gasteiger partial charge in [0.25, 0.3) is 0 Å². The van der Waals surface area contributed by atoms with Gasteiger partial charge in [-0.15, -0.1) is 0 Å². The molecule has 1 fully saturated rings. The smallest absolute Gasteiger partial charge is 0.240 e. The van der Waals surface area contributed by atoms with Crippen LogP contribution < -0.4 is 10.6 Å². The van der Waals surface area contributed by atoms with E-state index in [1.807, 2.05) is 18.2 Å². The number of hydrogen-bond donors (Lipinski definition) is 2. The van der Waals surface area contributed by atoms with Gasteiger partial charge in [0.1, 0.15) is 6.04 Å². The lowest BCUT2D eigenvalue weighted by atomic mass is 9.82. The Bertz CT molecular complexity index is 434. The summed E-state index contributed by atoms with van der Waals surface area (Å²) in [5.74, 6) is 0.00785. The van der Waals surface area contributed by atoms with Crippen LogP contribution in [-0.4, -0.2) is 31.7 Å². The van der Waals surface area contributed by atoms with E-state index in [1.54, 1.807) is 0 Å². The molecule has 20 heavy (non-hydrogen) atoms. The van der Waals surface area contributed by atoms with Crippen molar-refractivity contribution >= 4 is 5.91 Å². The Hall–Kier alpha value is -1.39. The van der Waals surface area contributed by atoms with E-state index in [1.165, 1.54) is 0 Å². The SMILES string of the molecule is CC(C)(C)C(NC(=O)C1COCCN1)c1ccccc1. The predicted octanol–water partition coefficient (Wildman–Crippen LogP) is 1.88. The number of morpholine rings is 1. The molecule has 0 aromatic heterocycles. The zero-order valence-corrected chi connectivity index (χ0v) is 12.5. The Morgan fingerprint density at radius 2 is 2.05 bits per heavy atom. The average Bonchev–Trinajstić information content (AvgIpc) is 2.45. The summed E-state index contributed by atoms with van der Waals surface area (Å²) in [6.07, 6.45) is 0. The van der Waals surface area contributed by atoms with Crippen molar-refractivity contribution in [3.05, 3.63) is 35.9 Å². The lowest BCUT2D eigenvalue weighted by Crippen LogP contribution is -2.53. The van der Waals surface area contributed by atoms with Crippen LogP contribution in [0.15, 0.2) is 30.3 Å². The Labute approximate surface area is 120 Å². The van der Waals surface area contributed by atoms with E-state index in [2.05, 4.69) is 43.5 Å². The van der Waals surface area contributed by atoms with Crippen LogP contribution in [0.2, 0.25) is 0 Å². The van der Waals surface area contributed by atoms with Crippen molar-refractivity contribution in [2.24, 2.45) is 5.41 Å². The second-order valence-corrected chi connectivity index (χ2v) is 6.30. The van der Waals surface area contributed by atoms with Crippen LogP contribution in [0.5, 0.6) is 0 Å². The molecule has 1 aliphatic rings. The standard InChI is InChI=1S/C16H24N2O2/c1-16(2,3)14(12-7-5-4-6-8-12)18-15(19)13-11-20-10-9-17-13/h4-8,13-14,17H,9-11H2,1-3H3,(H,18,19). The first-order chi connectivity index (χ1) is 9.48. The molecule has 2 unspecified atom stereocenters. The number of nitrogens with one attached hydrogen (secondary N) is 2. The summed E-state index contributed by atoms with van der Waals surface area (Å²) in [5, 5.41) is 6.35. The molecule has 2 N–H and O–H groups in total. The number of ether oxygens (including phenoxy) is 1. The van der Waals surface area contributed by atoms with E-state index in [9.17, 15) is 4.79 Å². The van der Waals surface area contributed by atoms with Crippen LogP contribution in [0.4, 0.5) is 0 Å². The van der Waals surface area contributed by atoms with E-state index in [4.69, 9.17) is 4.74 Å². The number of rotatable bonds is 3. The highest BCUT2D eigenvalue weighted by atomic mass is 16.5. The third-order valence-corrected chi connectivity index (χ3v) is 3.52. The molecule has 110 valence electrons. The predicted molar refractivity (Wildman–Crippen MR) is 79.4 cm³/mol. The van der Waals surface area contributed by atoms with Gasteiger partial charge < -0.3 is 15.4 Å². The van der Waals surface area contributed by atoms with E-state index >= 15 is 0 Å². The highest BCUT2D eigenvalue weighted by Crippen LogP contribution is 2.32. The fourth-order valence-electron chi connectivity index (χ4n) is 2.42. The van der Waals surface area contributed by atoms with Crippen LogP contribution in [-0.2, 0) is 9.53 Å². The van der Waals surface area contributed by atoms with Gasteiger partial charge in [-0.25, -0.2) is 0 Å². The first-order valence-electron chi connectivity index (χ1n) is 7.15. The highest BCUT2D eigenvalue weighted by molar-refractivity contribution is 5.82. The summed E-state index contributed by atoms with van der Waals surface area (Å²) >= 11 is 0. The third-order valence-electron chi connectivity index (χ3n) is 3.52. The molecule has 0 spiro atoms. The largest absolute Gasteiger partial charge is 0.378 e. The average molecular weight is 276 g/mol. The molecule has 1 aromatic carbocycles. The summed E-state index contributed by atoms with van der Waals surface area (Å²) < 4.78 is 5.35. The van der Waals surface area contributed by atoms with E-state index in [-0.39, 0.29) is 23.4 Å². The molecule has 1 aromatic rings. The minimum Gasteiger partial charge on any atom is -0.378 e. The molecule has 0 radical (unpaired) electrons. The van der Waals surface area contributed by atoms with Gasteiger partial charge in [-0.05, 0) is 11.0 Å². The number of hydrogen-bond acceptors (Lipinski definition) is 3. The van der Waals surface area contributed by atoms with Crippen LogP contribution in [0.1, 0.15) is 32.4 Å². The third kappa shape index (κ3) is 3.81. The zero-order chi connectivity index (χ0) is 14.6. The molecular formula is C16H24N2O2. The summed E-state index contributed by atoms with van der Waals surface area (Å²) in [5.41, 5.74) is 1.08. The number of carbonyl (C=O) groups is 1. The molecule has 2 rings (SSSR count). The minimum atomic E-state index is -0.252. The van der Waals surface area contributed by atoms with Crippen molar-refractivity contribution in [2.45, 2.75) is 32.9 Å². The molecule has 1 aliphatic heterocycles. The molecule has 2 atom stereocenters. The summed E-state index contributed by atoms with van der Waals surface area (Å²) in [7, 11) is 0. The summed E-state index contributed by atoms with van der Waals surface area (Å²) in [6, 6.07) is 9.84. The van der Waals surface area contributed by atoms with Crippen LogP contribution >= 0.6 is 0 Å². The number of carbonyl (C=O) groups excluding carboxylic acids is 1. The van der Waals surface area contributed by atoms with Gasteiger partial charge in [0.05, 0.1) is 19.3 Å². The fraction of sp³-hybridized carbons (Fsp3) is 0.562. The maximum atomic E-state index is 12.4. The minimum absolute atomic E-state index is 0.00785. The molecule has 1 saturated heterocycles. The molecule has 0 aliphatic carbocycles. The fourth-order valence-corrected chi connectivity index (χ4v) is 2.42. The molecule has 0 bridgehead atoms. The summed E-state index contributed by atoms with van der Waals surface area (Å²) in [4.78, 5) is 12.4. The van der Waals surface area contributed by atoms with E-state index in [0.717, 1.165) is 12.1 Å². The number of benzene rings is 1. The van der Waals surface area contributed by atoms with Gasteiger partial charge in [-0.1, -0.05) is 51.1 Å². The maximum Gasteiger partial charge on any atom is 0.240 e. The summed E-state index contributed by atoms with van der Waals surface area (Å²) in [6.45, 7) is 8.24. The second-order valence-electron chi connectivity index (χ2n) is 6.30. The molecule has 0 saturated carbocycles. The van der Waals surface area contributed by atoms with Gasteiger partial charge >= 0.3 is 0 Å². The van der Waals surface area contributed by atoms with Gasteiger partial charge in [0.2, 0.25) is 5.91 Å². The lowest BCUT2D eigenvalue weighted by molar-refractivity contribution is -0.127. The normalized spacial score (nSPS) is 21.2. The molecule has 4 heteroatoms. The molecule has 1 heterocycles. The Kier molecular flexibility index (Phi) is 4.78. The lowest BCUT2D eigenvalue weighted by Gasteiger charge is -2.34. The quantitative estimate of drug-likeness (QED) is 0.886. The Morgan fingerprint density at radius 3 is 2.60 bits per heavy atom. The monoisotopic (exact) mass is 276 g/mol. The van der Waals surface area contributed by atoms with Crippen molar-refractivity contribution in [1.29, 1.82) is 0 Å². The van der Waals surface area contributed by atoms with Crippen molar-refractivity contribution in [3.63, 3.8) is 0 Å². The van der Waals surface area contributed by atoms with Crippen molar-refractivity contribution < 1.29 is 9.53 Å². The van der Waals surface area contributed by atoms with Gasteiger partial charge in [0.15, 0.2) is 0 Å². The van der Waals surface area contributed by atoms with Crippen LogP contribution in [0.25, 0.3) is 0 Å². The Balaban J connectivity index is 2.10.